The van der Waals surface area contributed by atoms with E-state index in [2.05, 4.69) is 20.3 Å². The van der Waals surface area contributed by atoms with E-state index >= 15 is 0 Å². The van der Waals surface area contributed by atoms with Crippen LogP contribution in [0.4, 0.5) is 4.39 Å². The van der Waals surface area contributed by atoms with Gasteiger partial charge in [-0.15, -0.1) is 0 Å². The number of amides is 2. The molecule has 2 aliphatic rings. The number of β-amino-alcohol motifs (C(OH)–C–C–N with tert-alkyl or cyclic N) is 1. The molecule has 3 aromatic rings. The lowest BCUT2D eigenvalue weighted by atomic mass is 10.1. The second kappa shape index (κ2) is 8.68. The molecule has 1 saturated carbocycles. The molecule has 0 radical (unpaired) electrons. The first kappa shape index (κ1) is 22.3. The number of H-pyrrole nitrogens is 1. The molecule has 0 spiro atoms. The van der Waals surface area contributed by atoms with Crippen molar-refractivity contribution in [2.24, 2.45) is 5.92 Å². The van der Waals surface area contributed by atoms with Crippen LogP contribution in [0, 0.1) is 18.7 Å². The molecule has 0 bridgehead atoms. The molecule has 2 fully saturated rings. The first-order valence-electron chi connectivity index (χ1n) is 11.3. The van der Waals surface area contributed by atoms with Gasteiger partial charge in [-0.25, -0.2) is 14.4 Å². The molecular weight excluding hydrogens is 441 g/mol. The molecule has 1 aromatic carbocycles. The number of likely N-dealkylation sites (tertiary alicyclic amines) is 1. The van der Waals surface area contributed by atoms with Crippen LogP contribution in [0.5, 0.6) is 5.75 Å². The molecule has 2 aromatic heterocycles. The average molecular weight is 468 g/mol. The highest BCUT2D eigenvalue weighted by Gasteiger charge is 2.35. The van der Waals surface area contributed by atoms with Crippen LogP contribution in [0.3, 0.4) is 0 Å². The Kier molecular flexibility index (Phi) is 5.68. The van der Waals surface area contributed by atoms with Gasteiger partial charge in [0.25, 0.3) is 5.91 Å². The lowest BCUT2D eigenvalue weighted by Gasteiger charge is -2.16. The third-order valence-corrected chi connectivity index (χ3v) is 6.42. The van der Waals surface area contributed by atoms with E-state index < -0.39 is 23.9 Å². The summed E-state index contributed by atoms with van der Waals surface area (Å²) in [6.07, 6.45) is 2.72. The molecule has 2 atom stereocenters. The van der Waals surface area contributed by atoms with E-state index in [9.17, 15) is 19.1 Å². The Balaban J connectivity index is 1.47. The van der Waals surface area contributed by atoms with Gasteiger partial charge in [-0.3, -0.25) is 9.59 Å². The fourth-order valence-electron chi connectivity index (χ4n) is 4.33. The number of hydrogen-bond acceptors (Lipinski definition) is 6. The summed E-state index contributed by atoms with van der Waals surface area (Å²) in [5.41, 5.74) is 2.95. The molecule has 1 aliphatic carbocycles. The topological polar surface area (TPSA) is 120 Å². The number of fused-ring (bicyclic) bond motifs is 1. The number of aromatic nitrogens is 3. The van der Waals surface area contributed by atoms with Crippen LogP contribution in [-0.2, 0) is 4.79 Å². The van der Waals surface area contributed by atoms with Crippen molar-refractivity contribution in [1.29, 1.82) is 0 Å². The number of aliphatic hydroxyl groups excluding tert-OH is 1. The molecule has 1 saturated heterocycles. The second-order valence-corrected chi connectivity index (χ2v) is 9.04. The van der Waals surface area contributed by atoms with Crippen molar-refractivity contribution in [2.75, 3.05) is 19.7 Å². The largest absolute Gasteiger partial charge is 0.492 e. The molecule has 9 nitrogen and oxygen atoms in total. The Morgan fingerprint density at radius 2 is 2.09 bits per heavy atom. The smallest absolute Gasteiger partial charge is 0.255 e. The van der Waals surface area contributed by atoms with E-state index in [4.69, 9.17) is 4.74 Å². The lowest BCUT2D eigenvalue weighted by Crippen LogP contribution is -2.43. The molecule has 3 heterocycles. The summed E-state index contributed by atoms with van der Waals surface area (Å²) < 4.78 is 19.9. The van der Waals surface area contributed by atoms with Crippen LogP contribution in [0.15, 0.2) is 24.5 Å². The highest BCUT2D eigenvalue weighted by molar-refractivity contribution is 6.09. The number of halogens is 1. The normalized spacial score (nSPS) is 20.1. The van der Waals surface area contributed by atoms with Crippen LogP contribution >= 0.6 is 0 Å². The highest BCUT2D eigenvalue weighted by Crippen LogP contribution is 2.36. The zero-order valence-corrected chi connectivity index (χ0v) is 19.0. The van der Waals surface area contributed by atoms with Crippen molar-refractivity contribution >= 4 is 22.8 Å². The van der Waals surface area contributed by atoms with E-state index in [0.29, 0.717) is 51.8 Å². The van der Waals surface area contributed by atoms with Gasteiger partial charge in [-0.2, -0.15) is 0 Å². The van der Waals surface area contributed by atoms with Gasteiger partial charge < -0.3 is 25.0 Å². The van der Waals surface area contributed by atoms with Gasteiger partial charge in [-0.05, 0) is 37.8 Å². The Bertz CT molecular complexity index is 1270. The van der Waals surface area contributed by atoms with Crippen molar-refractivity contribution in [3.8, 4) is 17.0 Å². The van der Waals surface area contributed by atoms with Crippen molar-refractivity contribution in [2.45, 2.75) is 38.8 Å². The van der Waals surface area contributed by atoms with E-state index in [-0.39, 0.29) is 19.0 Å². The Hall–Kier alpha value is -3.53. The van der Waals surface area contributed by atoms with Crippen LogP contribution in [0.2, 0.25) is 0 Å². The number of carbonyl (C=O) groups is 2. The summed E-state index contributed by atoms with van der Waals surface area (Å²) in [6, 6.07) is 3.72. The fourth-order valence-corrected chi connectivity index (χ4v) is 4.33. The number of nitrogens with zero attached hydrogens (tertiary/aromatic N) is 3. The molecule has 0 unspecified atom stereocenters. The number of nitrogens with one attached hydrogen (secondary N) is 2. The Labute approximate surface area is 195 Å². The fraction of sp³-hybridized carbons (Fsp3) is 0.417. The number of aromatic amines is 1. The minimum Gasteiger partial charge on any atom is -0.492 e. The zero-order valence-electron chi connectivity index (χ0n) is 19.0. The van der Waals surface area contributed by atoms with Crippen LogP contribution in [0.25, 0.3) is 22.3 Å². The van der Waals surface area contributed by atoms with E-state index in [1.807, 2.05) is 0 Å². The van der Waals surface area contributed by atoms with Gasteiger partial charge in [0, 0.05) is 37.3 Å². The summed E-state index contributed by atoms with van der Waals surface area (Å²) in [6.45, 7) is 4.11. The summed E-state index contributed by atoms with van der Waals surface area (Å²) in [7, 11) is 0. The number of carbonyl (C=O) groups excluding carboxylic acids is 2. The molecule has 3 N–H and O–H groups in total. The quantitative estimate of drug-likeness (QED) is 0.511. The van der Waals surface area contributed by atoms with Crippen molar-refractivity contribution in [1.82, 2.24) is 25.2 Å². The molecule has 5 rings (SSSR count). The monoisotopic (exact) mass is 467 g/mol. The minimum absolute atomic E-state index is 0.157. The average Bonchev–Trinajstić information content (AvgIpc) is 3.46. The van der Waals surface area contributed by atoms with E-state index in [1.54, 1.807) is 13.0 Å². The van der Waals surface area contributed by atoms with Crippen LogP contribution in [-0.4, -0.2) is 68.6 Å². The number of ether oxygens (including phenoxy) is 1. The van der Waals surface area contributed by atoms with E-state index in [1.165, 1.54) is 30.3 Å². The second-order valence-electron chi connectivity index (χ2n) is 9.04. The molecule has 1 aliphatic heterocycles. The molecule has 10 heteroatoms. The summed E-state index contributed by atoms with van der Waals surface area (Å²) >= 11 is 0. The summed E-state index contributed by atoms with van der Waals surface area (Å²) in [4.78, 5) is 38.2. The Morgan fingerprint density at radius 3 is 2.79 bits per heavy atom. The molecular formula is C24H26FN5O4. The van der Waals surface area contributed by atoms with Gasteiger partial charge in [0.1, 0.15) is 29.1 Å². The van der Waals surface area contributed by atoms with Crippen molar-refractivity contribution in [3.63, 3.8) is 0 Å². The third kappa shape index (κ3) is 4.21. The van der Waals surface area contributed by atoms with Crippen LogP contribution < -0.4 is 10.1 Å². The number of benzene rings is 1. The number of hydrogen-bond donors (Lipinski definition) is 3. The highest BCUT2D eigenvalue weighted by atomic mass is 19.1. The zero-order chi connectivity index (χ0) is 24.0. The first-order chi connectivity index (χ1) is 16.3. The minimum atomic E-state index is -0.853. The number of aryl methyl sites for hydroxylation is 1. The van der Waals surface area contributed by atoms with Gasteiger partial charge in [0.15, 0.2) is 0 Å². The van der Waals surface area contributed by atoms with Gasteiger partial charge >= 0.3 is 0 Å². The van der Waals surface area contributed by atoms with Crippen LogP contribution in [0.1, 0.15) is 35.8 Å². The maximum Gasteiger partial charge on any atom is 0.255 e. The first-order valence-corrected chi connectivity index (χ1v) is 11.3. The summed E-state index contributed by atoms with van der Waals surface area (Å²) in [5, 5.41) is 13.1. The van der Waals surface area contributed by atoms with E-state index in [0.717, 1.165) is 12.8 Å². The molecule has 34 heavy (non-hydrogen) atoms. The van der Waals surface area contributed by atoms with Crippen molar-refractivity contribution < 1.29 is 23.8 Å². The Morgan fingerprint density at radius 1 is 1.29 bits per heavy atom. The van der Waals surface area contributed by atoms with Gasteiger partial charge in [0.2, 0.25) is 5.91 Å². The SMILES string of the molecule is CC(=O)N1C[C@@H](O)[C@H](NC(=O)c2c(C)[nH]c3c(-c4ccc(F)cc4OCC4CC4)ncnc23)C1. The molecule has 178 valence electrons. The van der Waals surface area contributed by atoms with Gasteiger partial charge in [-0.1, -0.05) is 0 Å². The predicted molar refractivity (Wildman–Crippen MR) is 122 cm³/mol. The van der Waals surface area contributed by atoms with Gasteiger partial charge in [0.05, 0.1) is 29.8 Å². The molecule has 2 amide bonds. The maximum atomic E-state index is 14.0. The standard InChI is InChI=1S/C24H26FN5O4/c1-12-20(24(33)29-17-8-30(13(2)31)9-18(17)32)22-23(28-12)21(26-11-27-22)16-6-5-15(25)7-19(16)34-10-14-3-4-14/h5-7,11,14,17-18,28,32H,3-4,8-10H2,1-2H3,(H,29,33)/t17-,18-/m1/s1. The maximum absolute atomic E-state index is 14.0. The number of rotatable bonds is 6. The third-order valence-electron chi connectivity index (χ3n) is 6.42. The van der Waals surface area contributed by atoms with Crippen molar-refractivity contribution in [3.05, 3.63) is 41.6 Å². The summed E-state index contributed by atoms with van der Waals surface area (Å²) in [5.74, 6) is -0.0853. The predicted octanol–water partition coefficient (Wildman–Crippen LogP) is 2.18. The number of aliphatic hydroxyl groups is 1. The lowest BCUT2D eigenvalue weighted by molar-refractivity contribution is -0.128.